The maximum Gasteiger partial charge on any atom is 0.198 e. The summed E-state index contributed by atoms with van der Waals surface area (Å²) in [7, 11) is 0. The lowest BCUT2D eigenvalue weighted by Crippen LogP contribution is -2.02. The van der Waals surface area contributed by atoms with E-state index in [0.29, 0.717) is 30.1 Å². The Hall–Kier alpha value is -2.27. The van der Waals surface area contributed by atoms with E-state index < -0.39 is 0 Å². The summed E-state index contributed by atoms with van der Waals surface area (Å²) >= 11 is 0. The molecular weight excluding hydrogens is 245 g/mol. The molecule has 2 N–H and O–H groups in total. The summed E-state index contributed by atoms with van der Waals surface area (Å²) in [5, 5.41) is 0. The fourth-order valence-corrected chi connectivity index (χ4v) is 1.89. The van der Waals surface area contributed by atoms with Gasteiger partial charge in [0.05, 0.1) is 0 Å². The van der Waals surface area contributed by atoms with Gasteiger partial charge in [-0.3, -0.25) is 0 Å². The van der Waals surface area contributed by atoms with Crippen LogP contribution < -0.4 is 5.73 Å². The molecule has 0 aliphatic carbocycles. The summed E-state index contributed by atoms with van der Waals surface area (Å²) in [6, 6.07) is 8.09. The van der Waals surface area contributed by atoms with E-state index >= 15 is 0 Å². The van der Waals surface area contributed by atoms with Gasteiger partial charge in [0.15, 0.2) is 17.1 Å². The number of pyridine rings is 1. The predicted molar refractivity (Wildman–Crippen MR) is 70.0 cm³/mol. The Morgan fingerprint density at radius 3 is 2.68 bits per heavy atom. The second kappa shape index (κ2) is 4.78. The van der Waals surface area contributed by atoms with Crippen LogP contribution in [0, 0.1) is 5.82 Å². The summed E-state index contributed by atoms with van der Waals surface area (Å²) in [5.74, 6) is 0.323. The van der Waals surface area contributed by atoms with Crippen molar-refractivity contribution in [3.05, 3.63) is 48.2 Å². The number of oxazole rings is 1. The van der Waals surface area contributed by atoms with Gasteiger partial charge in [0.1, 0.15) is 5.82 Å². The second-order valence-electron chi connectivity index (χ2n) is 4.20. The van der Waals surface area contributed by atoms with Crippen molar-refractivity contribution < 1.29 is 8.81 Å². The summed E-state index contributed by atoms with van der Waals surface area (Å²) in [6.45, 7) is 0.484. The summed E-state index contributed by atoms with van der Waals surface area (Å²) in [5.41, 5.74) is 8.39. The van der Waals surface area contributed by atoms with Crippen molar-refractivity contribution in [2.75, 3.05) is 6.54 Å². The van der Waals surface area contributed by atoms with E-state index in [2.05, 4.69) is 9.97 Å². The highest BCUT2D eigenvalue weighted by molar-refractivity contribution is 5.76. The molecule has 0 unspecified atom stereocenters. The minimum Gasteiger partial charge on any atom is -0.439 e. The van der Waals surface area contributed by atoms with Gasteiger partial charge in [-0.1, -0.05) is 12.1 Å². The van der Waals surface area contributed by atoms with Gasteiger partial charge in [-0.2, -0.15) is 4.98 Å². The van der Waals surface area contributed by atoms with E-state index in [1.165, 1.54) is 12.1 Å². The fourth-order valence-electron chi connectivity index (χ4n) is 1.89. The molecule has 0 aliphatic rings. The fraction of sp³-hybridized carbons (Fsp3) is 0.143. The van der Waals surface area contributed by atoms with Crippen LogP contribution in [0.25, 0.3) is 22.4 Å². The highest BCUT2D eigenvalue weighted by Gasteiger charge is 2.08. The number of hydrogen-bond acceptors (Lipinski definition) is 4. The molecule has 3 rings (SSSR count). The molecule has 0 radical (unpaired) electrons. The number of nitrogens with zero attached hydrogens (tertiary/aromatic N) is 2. The number of nitrogens with two attached hydrogens (primary N) is 1. The molecular formula is C14H12FN3O. The minimum atomic E-state index is -0.261. The Morgan fingerprint density at radius 2 is 1.95 bits per heavy atom. The van der Waals surface area contributed by atoms with Gasteiger partial charge < -0.3 is 10.2 Å². The van der Waals surface area contributed by atoms with Crippen LogP contribution in [-0.2, 0) is 6.42 Å². The first-order valence-electron chi connectivity index (χ1n) is 5.98. The third kappa shape index (κ3) is 2.32. The van der Waals surface area contributed by atoms with Crippen molar-refractivity contribution in [1.29, 1.82) is 0 Å². The minimum absolute atomic E-state index is 0.261. The summed E-state index contributed by atoms with van der Waals surface area (Å²) in [4.78, 5) is 8.48. The van der Waals surface area contributed by atoms with Gasteiger partial charge in [0.25, 0.3) is 0 Å². The monoisotopic (exact) mass is 257 g/mol. The average molecular weight is 257 g/mol. The molecule has 2 aromatic heterocycles. The van der Waals surface area contributed by atoms with Crippen molar-refractivity contribution >= 4 is 11.2 Å². The van der Waals surface area contributed by atoms with Crippen LogP contribution in [0.4, 0.5) is 4.39 Å². The van der Waals surface area contributed by atoms with Crippen molar-refractivity contribution in [3.63, 3.8) is 0 Å². The SMILES string of the molecule is NCCc1nc2ncc(-c3ccc(F)cc3)cc2o1. The smallest absolute Gasteiger partial charge is 0.198 e. The number of benzene rings is 1. The van der Waals surface area contributed by atoms with E-state index in [9.17, 15) is 4.39 Å². The molecule has 0 spiro atoms. The van der Waals surface area contributed by atoms with Crippen molar-refractivity contribution in [2.45, 2.75) is 6.42 Å². The van der Waals surface area contributed by atoms with Gasteiger partial charge in [0, 0.05) is 24.7 Å². The van der Waals surface area contributed by atoms with Crippen molar-refractivity contribution in [3.8, 4) is 11.1 Å². The molecule has 5 heteroatoms. The lowest BCUT2D eigenvalue weighted by atomic mass is 10.1. The average Bonchev–Trinajstić information content (AvgIpc) is 2.81. The number of rotatable bonds is 3. The molecule has 1 aromatic carbocycles. The molecule has 96 valence electrons. The third-order valence-electron chi connectivity index (χ3n) is 2.83. The Bertz CT molecular complexity index is 706. The van der Waals surface area contributed by atoms with Crippen LogP contribution in [0.3, 0.4) is 0 Å². The first-order chi connectivity index (χ1) is 9.26. The normalized spacial score (nSPS) is 11.1. The third-order valence-corrected chi connectivity index (χ3v) is 2.83. The predicted octanol–water partition coefficient (Wildman–Crippen LogP) is 2.53. The van der Waals surface area contributed by atoms with Crippen LogP contribution in [0.1, 0.15) is 5.89 Å². The van der Waals surface area contributed by atoms with Gasteiger partial charge in [0.2, 0.25) is 0 Å². The Kier molecular flexibility index (Phi) is 2.97. The number of halogens is 1. The highest BCUT2D eigenvalue weighted by Crippen LogP contribution is 2.23. The van der Waals surface area contributed by atoms with E-state index in [-0.39, 0.29) is 5.82 Å². The highest BCUT2D eigenvalue weighted by atomic mass is 19.1. The molecule has 19 heavy (non-hydrogen) atoms. The summed E-state index contributed by atoms with van der Waals surface area (Å²) < 4.78 is 18.5. The van der Waals surface area contributed by atoms with E-state index in [0.717, 1.165) is 11.1 Å². The molecule has 0 amide bonds. The zero-order valence-electron chi connectivity index (χ0n) is 10.1. The lowest BCUT2D eigenvalue weighted by molar-refractivity contribution is 0.531. The number of hydrogen-bond donors (Lipinski definition) is 1. The Labute approximate surface area is 109 Å². The molecule has 0 aliphatic heterocycles. The zero-order valence-corrected chi connectivity index (χ0v) is 10.1. The molecule has 3 aromatic rings. The number of fused-ring (bicyclic) bond motifs is 1. The Balaban J connectivity index is 2.03. The van der Waals surface area contributed by atoms with Gasteiger partial charge >= 0.3 is 0 Å². The van der Waals surface area contributed by atoms with Crippen LogP contribution >= 0.6 is 0 Å². The van der Waals surface area contributed by atoms with Crippen LogP contribution in [0.2, 0.25) is 0 Å². The first-order valence-corrected chi connectivity index (χ1v) is 5.98. The number of aromatic nitrogens is 2. The molecule has 0 fully saturated rings. The van der Waals surface area contributed by atoms with Gasteiger partial charge in [-0.15, -0.1) is 0 Å². The Morgan fingerprint density at radius 1 is 1.16 bits per heavy atom. The van der Waals surface area contributed by atoms with Crippen LogP contribution in [-0.4, -0.2) is 16.5 Å². The zero-order chi connectivity index (χ0) is 13.2. The molecule has 0 saturated heterocycles. The molecule has 0 bridgehead atoms. The second-order valence-corrected chi connectivity index (χ2v) is 4.20. The standard InChI is InChI=1S/C14H12FN3O/c15-11-3-1-9(2-4-11)10-7-12-14(17-8-10)18-13(19-12)5-6-16/h1-4,7-8H,5-6,16H2. The maximum absolute atomic E-state index is 12.9. The molecule has 0 saturated carbocycles. The van der Waals surface area contributed by atoms with Crippen molar-refractivity contribution in [1.82, 2.24) is 9.97 Å². The van der Waals surface area contributed by atoms with E-state index in [1.54, 1.807) is 18.3 Å². The molecule has 2 heterocycles. The maximum atomic E-state index is 12.9. The van der Waals surface area contributed by atoms with Crippen LogP contribution in [0.5, 0.6) is 0 Å². The first kappa shape index (κ1) is 11.8. The van der Waals surface area contributed by atoms with E-state index in [1.807, 2.05) is 6.07 Å². The topological polar surface area (TPSA) is 64.9 Å². The lowest BCUT2D eigenvalue weighted by Gasteiger charge is -1.99. The van der Waals surface area contributed by atoms with Crippen molar-refractivity contribution in [2.24, 2.45) is 5.73 Å². The summed E-state index contributed by atoms with van der Waals surface area (Å²) in [6.07, 6.45) is 2.28. The largest absolute Gasteiger partial charge is 0.439 e. The van der Waals surface area contributed by atoms with Gasteiger partial charge in [-0.05, 0) is 23.8 Å². The quantitative estimate of drug-likeness (QED) is 0.783. The molecule has 4 nitrogen and oxygen atoms in total. The van der Waals surface area contributed by atoms with E-state index in [4.69, 9.17) is 10.2 Å². The molecule has 0 atom stereocenters. The van der Waals surface area contributed by atoms with Crippen LogP contribution in [0.15, 0.2) is 40.9 Å². The van der Waals surface area contributed by atoms with Gasteiger partial charge in [-0.25, -0.2) is 9.37 Å².